The summed E-state index contributed by atoms with van der Waals surface area (Å²) in [5.41, 5.74) is 2.06. The van der Waals surface area contributed by atoms with Crippen molar-refractivity contribution in [2.24, 2.45) is 7.05 Å². The second-order valence-electron chi connectivity index (χ2n) is 5.11. The summed E-state index contributed by atoms with van der Waals surface area (Å²) in [5.74, 6) is 0. The first-order valence-corrected chi connectivity index (χ1v) is 7.98. The molecule has 4 nitrogen and oxygen atoms in total. The monoisotopic (exact) mass is 301 g/mol. The molecule has 2 unspecified atom stereocenters. The molecule has 0 radical (unpaired) electrons. The van der Waals surface area contributed by atoms with Gasteiger partial charge in [-0.05, 0) is 33.2 Å². The zero-order valence-electron chi connectivity index (χ0n) is 13.4. The molecule has 0 aromatic carbocycles. The summed E-state index contributed by atoms with van der Waals surface area (Å²) in [6, 6.07) is 0.257. The molecule has 1 rings (SSSR count). The van der Waals surface area contributed by atoms with Crippen LogP contribution in [0, 0.1) is 0 Å². The highest BCUT2D eigenvalue weighted by atomic mass is 35.5. The quantitative estimate of drug-likeness (QED) is 0.762. The summed E-state index contributed by atoms with van der Waals surface area (Å²) in [4.78, 5) is 0. The van der Waals surface area contributed by atoms with Crippen molar-refractivity contribution in [2.75, 3.05) is 13.2 Å². The van der Waals surface area contributed by atoms with E-state index < -0.39 is 0 Å². The average molecular weight is 302 g/mol. The number of nitrogens with zero attached hydrogens (tertiary/aromatic N) is 2. The topological polar surface area (TPSA) is 39.1 Å². The van der Waals surface area contributed by atoms with E-state index in [-0.39, 0.29) is 12.1 Å². The third-order valence-corrected chi connectivity index (χ3v) is 4.01. The molecule has 0 spiro atoms. The lowest BCUT2D eigenvalue weighted by Crippen LogP contribution is -2.42. The van der Waals surface area contributed by atoms with Crippen LogP contribution in [-0.4, -0.2) is 35.1 Å². The number of halogens is 1. The van der Waals surface area contributed by atoms with Crippen molar-refractivity contribution in [3.63, 3.8) is 0 Å². The molecule has 1 N–H and O–H groups in total. The fraction of sp³-hybridized carbons (Fsp3) is 0.800. The van der Waals surface area contributed by atoms with Crippen molar-refractivity contribution in [1.29, 1.82) is 0 Å². The summed E-state index contributed by atoms with van der Waals surface area (Å²) in [6.45, 7) is 10.1. The minimum Gasteiger partial charge on any atom is -0.377 e. The Morgan fingerprint density at radius 3 is 2.55 bits per heavy atom. The van der Waals surface area contributed by atoms with Gasteiger partial charge in [0.25, 0.3) is 0 Å². The van der Waals surface area contributed by atoms with Crippen molar-refractivity contribution >= 4 is 11.6 Å². The van der Waals surface area contributed by atoms with Crippen LogP contribution in [-0.2, 0) is 24.6 Å². The largest absolute Gasteiger partial charge is 0.377 e. The van der Waals surface area contributed by atoms with E-state index in [0.29, 0.717) is 0 Å². The second-order valence-corrected chi connectivity index (χ2v) is 5.49. The molecular formula is C15H28ClN3O. The summed E-state index contributed by atoms with van der Waals surface area (Å²) in [5, 5.41) is 8.85. The molecule has 0 aliphatic heterocycles. The number of rotatable bonds is 9. The number of hydrogen-bond acceptors (Lipinski definition) is 3. The van der Waals surface area contributed by atoms with Gasteiger partial charge in [0.05, 0.1) is 22.5 Å². The van der Waals surface area contributed by atoms with Gasteiger partial charge in [0.1, 0.15) is 0 Å². The fourth-order valence-electron chi connectivity index (χ4n) is 2.36. The van der Waals surface area contributed by atoms with Gasteiger partial charge in [-0.1, -0.05) is 25.4 Å². The first kappa shape index (κ1) is 17.5. The van der Waals surface area contributed by atoms with Crippen LogP contribution in [0.5, 0.6) is 0 Å². The maximum atomic E-state index is 6.44. The van der Waals surface area contributed by atoms with E-state index in [1.54, 1.807) is 0 Å². The third kappa shape index (κ3) is 4.47. The molecule has 0 bridgehead atoms. The molecular weight excluding hydrogens is 274 g/mol. The Labute approximate surface area is 127 Å². The Hall–Kier alpha value is -0.580. The molecule has 0 amide bonds. The second kappa shape index (κ2) is 8.65. The van der Waals surface area contributed by atoms with Crippen molar-refractivity contribution in [3.8, 4) is 0 Å². The van der Waals surface area contributed by atoms with Gasteiger partial charge in [0, 0.05) is 26.1 Å². The zero-order chi connectivity index (χ0) is 15.1. The van der Waals surface area contributed by atoms with Crippen molar-refractivity contribution in [2.45, 2.75) is 59.1 Å². The Balaban J connectivity index is 2.85. The van der Waals surface area contributed by atoms with Crippen molar-refractivity contribution < 1.29 is 4.74 Å². The van der Waals surface area contributed by atoms with Crippen LogP contribution in [0.2, 0.25) is 5.02 Å². The van der Waals surface area contributed by atoms with Gasteiger partial charge in [0.15, 0.2) is 0 Å². The van der Waals surface area contributed by atoms with Crippen molar-refractivity contribution in [3.05, 3.63) is 16.4 Å². The van der Waals surface area contributed by atoms with Crippen LogP contribution in [0.3, 0.4) is 0 Å². The van der Waals surface area contributed by atoms with Crippen LogP contribution in [0.15, 0.2) is 0 Å². The lowest BCUT2D eigenvalue weighted by molar-refractivity contribution is 0.0472. The number of nitrogens with one attached hydrogen (secondary N) is 1. The fourth-order valence-corrected chi connectivity index (χ4v) is 2.73. The molecule has 5 heteroatoms. The van der Waals surface area contributed by atoms with Gasteiger partial charge >= 0.3 is 0 Å². The molecule has 1 aromatic heterocycles. The minimum atomic E-state index is 0.155. The number of hydrogen-bond donors (Lipinski definition) is 1. The molecule has 0 saturated carbocycles. The summed E-state index contributed by atoms with van der Waals surface area (Å²) >= 11 is 6.44. The van der Waals surface area contributed by atoms with E-state index in [0.717, 1.165) is 48.8 Å². The maximum absolute atomic E-state index is 6.44. The smallest absolute Gasteiger partial charge is 0.0850 e. The average Bonchev–Trinajstić information content (AvgIpc) is 2.70. The molecule has 0 saturated heterocycles. The first-order chi connectivity index (χ1) is 9.54. The Bertz CT molecular complexity index is 406. The van der Waals surface area contributed by atoms with Crippen LogP contribution < -0.4 is 5.32 Å². The molecule has 20 heavy (non-hydrogen) atoms. The van der Waals surface area contributed by atoms with Crippen molar-refractivity contribution in [1.82, 2.24) is 15.1 Å². The predicted molar refractivity (Wildman–Crippen MR) is 84.5 cm³/mol. The third-order valence-electron chi connectivity index (χ3n) is 3.57. The molecule has 0 aliphatic carbocycles. The van der Waals surface area contributed by atoms with E-state index in [1.165, 1.54) is 0 Å². The Morgan fingerprint density at radius 1 is 1.35 bits per heavy atom. The van der Waals surface area contributed by atoms with Gasteiger partial charge in [-0.2, -0.15) is 5.10 Å². The Morgan fingerprint density at radius 2 is 2.05 bits per heavy atom. The normalized spacial score (nSPS) is 14.5. The number of ether oxygens (including phenoxy) is 1. The van der Waals surface area contributed by atoms with Crippen LogP contribution >= 0.6 is 11.6 Å². The van der Waals surface area contributed by atoms with Crippen LogP contribution in [0.25, 0.3) is 0 Å². The molecule has 1 aromatic rings. The molecule has 0 aliphatic rings. The van der Waals surface area contributed by atoms with Gasteiger partial charge in [0.2, 0.25) is 0 Å². The highest BCUT2D eigenvalue weighted by Crippen LogP contribution is 2.23. The zero-order valence-corrected chi connectivity index (χ0v) is 14.1. The maximum Gasteiger partial charge on any atom is 0.0850 e. The predicted octanol–water partition coefficient (Wildman–Crippen LogP) is 2.97. The SMILES string of the molecule is CCCNC(Cc1c(Cl)c(CC)nn1C)C(C)OCC. The molecule has 116 valence electrons. The Kier molecular flexibility index (Phi) is 7.56. The summed E-state index contributed by atoms with van der Waals surface area (Å²) in [6.07, 6.45) is 2.96. The highest BCUT2D eigenvalue weighted by molar-refractivity contribution is 6.31. The van der Waals surface area contributed by atoms with E-state index in [1.807, 2.05) is 18.7 Å². The van der Waals surface area contributed by atoms with Gasteiger partial charge in [-0.25, -0.2) is 0 Å². The van der Waals surface area contributed by atoms with Gasteiger partial charge in [-0.15, -0.1) is 0 Å². The van der Waals surface area contributed by atoms with Gasteiger partial charge < -0.3 is 10.1 Å². The van der Waals surface area contributed by atoms with E-state index in [4.69, 9.17) is 16.3 Å². The lowest BCUT2D eigenvalue weighted by Gasteiger charge is -2.25. The minimum absolute atomic E-state index is 0.155. The van der Waals surface area contributed by atoms with E-state index in [2.05, 4.69) is 31.2 Å². The standard InChI is InChI=1S/C15H28ClN3O/c1-6-9-17-13(11(4)20-8-3)10-14-15(16)12(7-2)18-19(14)5/h11,13,17H,6-10H2,1-5H3. The highest BCUT2D eigenvalue weighted by Gasteiger charge is 2.22. The first-order valence-electron chi connectivity index (χ1n) is 7.60. The number of aromatic nitrogens is 2. The van der Waals surface area contributed by atoms with Crippen LogP contribution in [0.1, 0.15) is 45.5 Å². The van der Waals surface area contributed by atoms with E-state index >= 15 is 0 Å². The van der Waals surface area contributed by atoms with Gasteiger partial charge in [-0.3, -0.25) is 4.68 Å². The lowest BCUT2D eigenvalue weighted by atomic mass is 10.1. The van der Waals surface area contributed by atoms with E-state index in [9.17, 15) is 0 Å². The molecule has 0 fully saturated rings. The molecule has 1 heterocycles. The summed E-state index contributed by atoms with van der Waals surface area (Å²) in [7, 11) is 1.96. The summed E-state index contributed by atoms with van der Waals surface area (Å²) < 4.78 is 7.65. The number of aryl methyl sites for hydroxylation is 2. The molecule has 2 atom stereocenters. The van der Waals surface area contributed by atoms with Crippen LogP contribution in [0.4, 0.5) is 0 Å².